The van der Waals surface area contributed by atoms with Crippen molar-refractivity contribution in [1.82, 2.24) is 0 Å². The van der Waals surface area contributed by atoms with E-state index in [0.717, 1.165) is 6.42 Å². The van der Waals surface area contributed by atoms with Crippen molar-refractivity contribution in [2.45, 2.75) is 45.0 Å². The Morgan fingerprint density at radius 3 is 2.00 bits per heavy atom. The van der Waals surface area contributed by atoms with Crippen molar-refractivity contribution in [3.05, 3.63) is 0 Å². The zero-order valence-corrected chi connectivity index (χ0v) is 9.39. The molecule has 0 amide bonds. The Labute approximate surface area is 78.3 Å². The zero-order valence-electron chi connectivity index (χ0n) is 7.80. The van der Waals surface area contributed by atoms with Crippen molar-refractivity contribution in [3.8, 4) is 0 Å². The molecule has 1 radical (unpaired) electrons. The lowest BCUT2D eigenvalue weighted by Gasteiger charge is -2.23. The first-order chi connectivity index (χ1) is 5.00. The van der Waals surface area contributed by atoms with Crippen LogP contribution in [0.15, 0.2) is 0 Å². The van der Waals surface area contributed by atoms with E-state index >= 15 is 0 Å². The molecule has 4 unspecified atom stereocenters. The Morgan fingerprint density at radius 1 is 1.27 bits per heavy atom. The zero-order chi connectivity index (χ0) is 9.02. The van der Waals surface area contributed by atoms with Gasteiger partial charge in [0.2, 0.25) is 0 Å². The molecule has 4 atom stereocenters. The topological polar surface area (TPSA) is 19.9 Å². The summed E-state index contributed by atoms with van der Waals surface area (Å²) in [5.74, 6) is 0.523. The Kier molecular flexibility index (Phi) is 5.36. The Morgan fingerprint density at radius 2 is 1.73 bits per heavy atom. The molecule has 11 heavy (non-hydrogen) atoms. The predicted octanol–water partition coefficient (Wildman–Crippen LogP) is 3.25. The molecule has 0 aliphatic carbocycles. The standard InChI is InChI=1S/C9H18BrO/c1-5-6(2)9(11)7(3)8(4)10/h6-9H,5H2,1-4H3. The number of rotatable bonds is 4. The molecule has 0 aromatic rings. The van der Waals surface area contributed by atoms with Crippen molar-refractivity contribution in [1.29, 1.82) is 0 Å². The number of hydrogen-bond donors (Lipinski definition) is 0. The minimum Gasteiger partial charge on any atom is -0.232 e. The van der Waals surface area contributed by atoms with Crippen LogP contribution in [0.1, 0.15) is 34.1 Å². The monoisotopic (exact) mass is 221 g/mol. The highest BCUT2D eigenvalue weighted by Crippen LogP contribution is 2.23. The maximum absolute atomic E-state index is 11.6. The molecule has 2 heteroatoms. The van der Waals surface area contributed by atoms with Crippen LogP contribution < -0.4 is 0 Å². The fraction of sp³-hybridized carbons (Fsp3) is 1.00. The first-order valence-electron chi connectivity index (χ1n) is 4.30. The van der Waals surface area contributed by atoms with E-state index in [2.05, 4.69) is 22.9 Å². The Bertz CT molecular complexity index is 104. The van der Waals surface area contributed by atoms with Crippen LogP contribution in [0.25, 0.3) is 0 Å². The molecule has 0 aromatic heterocycles. The molecule has 0 aliphatic rings. The van der Waals surface area contributed by atoms with Crippen LogP contribution >= 0.6 is 15.9 Å². The summed E-state index contributed by atoms with van der Waals surface area (Å²) >= 11 is 3.44. The summed E-state index contributed by atoms with van der Waals surface area (Å²) in [5, 5.41) is 11.6. The van der Waals surface area contributed by atoms with Gasteiger partial charge in [-0.1, -0.05) is 50.0 Å². The molecule has 0 aromatic carbocycles. The first-order valence-corrected chi connectivity index (χ1v) is 5.22. The lowest BCUT2D eigenvalue weighted by molar-refractivity contribution is 0.00102. The maximum Gasteiger partial charge on any atom is 0.0991 e. The normalized spacial score (nSPS) is 22.4. The lowest BCUT2D eigenvalue weighted by atomic mass is 9.90. The summed E-state index contributed by atoms with van der Waals surface area (Å²) in [4.78, 5) is 0.332. The van der Waals surface area contributed by atoms with Crippen LogP contribution in [0.5, 0.6) is 0 Å². The molecule has 0 heterocycles. The van der Waals surface area contributed by atoms with Gasteiger partial charge in [-0.25, -0.2) is 5.11 Å². The molecule has 0 saturated heterocycles. The second-order valence-corrected chi connectivity index (χ2v) is 4.83. The SMILES string of the molecule is CCC(C)C([O])C(C)C(C)Br. The smallest absolute Gasteiger partial charge is 0.0991 e. The fourth-order valence-corrected chi connectivity index (χ4v) is 1.31. The van der Waals surface area contributed by atoms with Crippen molar-refractivity contribution in [3.63, 3.8) is 0 Å². The van der Waals surface area contributed by atoms with E-state index in [1.54, 1.807) is 0 Å². The number of hydrogen-bond acceptors (Lipinski definition) is 0. The quantitative estimate of drug-likeness (QED) is 0.650. The summed E-state index contributed by atoms with van der Waals surface area (Å²) in [6.45, 7) is 8.16. The average Bonchev–Trinajstić information content (AvgIpc) is 2.00. The Hall–Kier alpha value is 0.440. The minimum absolute atomic E-state index is 0.227. The van der Waals surface area contributed by atoms with E-state index < -0.39 is 6.10 Å². The van der Waals surface area contributed by atoms with Gasteiger partial charge in [-0.15, -0.1) is 0 Å². The number of alkyl halides is 1. The van der Waals surface area contributed by atoms with Crippen LogP contribution in [0.4, 0.5) is 0 Å². The Balaban J connectivity index is 3.90. The second-order valence-electron chi connectivity index (χ2n) is 3.39. The van der Waals surface area contributed by atoms with E-state index in [1.165, 1.54) is 0 Å². The number of halogens is 1. The van der Waals surface area contributed by atoms with Gasteiger partial charge in [0.25, 0.3) is 0 Å². The molecule has 1 nitrogen and oxygen atoms in total. The van der Waals surface area contributed by atoms with Gasteiger partial charge in [0.15, 0.2) is 0 Å². The molecule has 67 valence electrons. The first kappa shape index (κ1) is 11.4. The third-order valence-corrected chi connectivity index (χ3v) is 3.28. The third kappa shape index (κ3) is 3.57. The van der Waals surface area contributed by atoms with E-state index in [0.29, 0.717) is 10.7 Å². The molecular formula is C9H18BrO. The van der Waals surface area contributed by atoms with Crippen molar-refractivity contribution >= 4 is 15.9 Å². The molecule has 0 spiro atoms. The van der Waals surface area contributed by atoms with E-state index in [4.69, 9.17) is 0 Å². The molecule has 0 rings (SSSR count). The lowest BCUT2D eigenvalue weighted by Crippen LogP contribution is -2.28. The molecular weight excluding hydrogens is 204 g/mol. The molecule has 0 bridgehead atoms. The fourth-order valence-electron chi connectivity index (χ4n) is 1.01. The van der Waals surface area contributed by atoms with Gasteiger partial charge in [0, 0.05) is 4.83 Å². The largest absolute Gasteiger partial charge is 0.232 e. The third-order valence-electron chi connectivity index (χ3n) is 2.45. The van der Waals surface area contributed by atoms with Gasteiger partial charge in [-0.2, -0.15) is 0 Å². The highest BCUT2D eigenvalue weighted by atomic mass is 79.9. The summed E-state index contributed by atoms with van der Waals surface area (Å²) < 4.78 is 0. The summed E-state index contributed by atoms with van der Waals surface area (Å²) in [7, 11) is 0. The highest BCUT2D eigenvalue weighted by molar-refractivity contribution is 9.09. The van der Waals surface area contributed by atoms with Gasteiger partial charge in [-0.3, -0.25) is 0 Å². The van der Waals surface area contributed by atoms with Crippen LogP contribution in [0, 0.1) is 11.8 Å². The van der Waals surface area contributed by atoms with Crippen LogP contribution in [-0.4, -0.2) is 10.9 Å². The van der Waals surface area contributed by atoms with Crippen LogP contribution in [-0.2, 0) is 5.11 Å². The van der Waals surface area contributed by atoms with Crippen molar-refractivity contribution < 1.29 is 5.11 Å². The molecule has 0 N–H and O–H groups in total. The minimum atomic E-state index is -0.422. The van der Waals surface area contributed by atoms with Gasteiger partial charge < -0.3 is 0 Å². The highest BCUT2D eigenvalue weighted by Gasteiger charge is 2.24. The molecule has 0 fully saturated rings. The average molecular weight is 222 g/mol. The maximum atomic E-state index is 11.6. The molecule has 0 saturated carbocycles. The van der Waals surface area contributed by atoms with Gasteiger partial charge in [0.05, 0.1) is 6.10 Å². The van der Waals surface area contributed by atoms with E-state index in [1.807, 2.05) is 20.8 Å². The van der Waals surface area contributed by atoms with E-state index in [-0.39, 0.29) is 5.92 Å². The van der Waals surface area contributed by atoms with E-state index in [9.17, 15) is 5.11 Å². The summed E-state index contributed by atoms with van der Waals surface area (Å²) in [6.07, 6.45) is 0.562. The van der Waals surface area contributed by atoms with Gasteiger partial charge >= 0.3 is 0 Å². The molecule has 0 aliphatic heterocycles. The summed E-state index contributed by atoms with van der Waals surface area (Å²) in [6, 6.07) is 0. The summed E-state index contributed by atoms with van der Waals surface area (Å²) in [5.41, 5.74) is 0. The van der Waals surface area contributed by atoms with Gasteiger partial charge in [0.1, 0.15) is 0 Å². The van der Waals surface area contributed by atoms with Crippen LogP contribution in [0.3, 0.4) is 0 Å². The van der Waals surface area contributed by atoms with Crippen molar-refractivity contribution in [2.24, 2.45) is 11.8 Å². The predicted molar refractivity (Wildman–Crippen MR) is 51.5 cm³/mol. The second kappa shape index (κ2) is 5.15. The van der Waals surface area contributed by atoms with Crippen molar-refractivity contribution in [2.75, 3.05) is 0 Å². The van der Waals surface area contributed by atoms with Crippen LogP contribution in [0.2, 0.25) is 0 Å². The van der Waals surface area contributed by atoms with Gasteiger partial charge in [-0.05, 0) is 11.8 Å².